The normalized spacial score (nSPS) is 15.5. The van der Waals surface area contributed by atoms with Crippen molar-refractivity contribution in [3.8, 4) is 0 Å². The van der Waals surface area contributed by atoms with E-state index in [0.29, 0.717) is 0 Å². The molecular formula is C14H21BrN2. The second-order valence-electron chi connectivity index (χ2n) is 5.03. The fraction of sp³-hybridized carbons (Fsp3) is 0.571. The Kier molecular flexibility index (Phi) is 4.46. The molecule has 0 aliphatic heterocycles. The van der Waals surface area contributed by atoms with Crippen molar-refractivity contribution in [1.29, 1.82) is 0 Å². The number of nitrogens with two attached hydrogens (primary N) is 1. The summed E-state index contributed by atoms with van der Waals surface area (Å²) in [6, 6.07) is 6.07. The number of anilines is 1. The Bertz CT molecular complexity index is 374. The van der Waals surface area contributed by atoms with Crippen LogP contribution in [0.3, 0.4) is 0 Å². The molecule has 0 atom stereocenters. The molecule has 0 saturated heterocycles. The number of benzene rings is 1. The van der Waals surface area contributed by atoms with Gasteiger partial charge >= 0.3 is 0 Å². The molecule has 0 unspecified atom stereocenters. The Balaban J connectivity index is 2.01. The van der Waals surface area contributed by atoms with Crippen molar-refractivity contribution in [1.82, 2.24) is 4.90 Å². The van der Waals surface area contributed by atoms with Crippen LogP contribution in [0.4, 0.5) is 5.69 Å². The van der Waals surface area contributed by atoms with E-state index in [-0.39, 0.29) is 0 Å². The summed E-state index contributed by atoms with van der Waals surface area (Å²) in [7, 11) is 0. The van der Waals surface area contributed by atoms with Gasteiger partial charge in [0.15, 0.2) is 0 Å². The van der Waals surface area contributed by atoms with Crippen LogP contribution in [0.2, 0.25) is 0 Å². The average molecular weight is 297 g/mol. The first-order valence-electron chi connectivity index (χ1n) is 6.45. The van der Waals surface area contributed by atoms with Gasteiger partial charge in [-0.2, -0.15) is 0 Å². The number of halogens is 1. The Hall–Kier alpha value is -0.540. The maximum absolute atomic E-state index is 5.85. The highest BCUT2D eigenvalue weighted by Gasteiger charge is 2.24. The van der Waals surface area contributed by atoms with Crippen LogP contribution in [0.25, 0.3) is 0 Å². The molecule has 1 aromatic carbocycles. The fourth-order valence-corrected chi connectivity index (χ4v) is 2.55. The van der Waals surface area contributed by atoms with E-state index in [1.54, 1.807) is 0 Å². The van der Waals surface area contributed by atoms with E-state index in [2.05, 4.69) is 33.8 Å². The van der Waals surface area contributed by atoms with Gasteiger partial charge in [-0.3, -0.25) is 4.90 Å². The summed E-state index contributed by atoms with van der Waals surface area (Å²) in [5.41, 5.74) is 8.01. The predicted octanol–water partition coefficient (Wildman–Crippen LogP) is 3.65. The van der Waals surface area contributed by atoms with Gasteiger partial charge in [-0.05, 0) is 55.5 Å². The lowest BCUT2D eigenvalue weighted by atomic mass is 10.2. The van der Waals surface area contributed by atoms with E-state index in [0.717, 1.165) is 18.2 Å². The topological polar surface area (TPSA) is 29.3 Å². The van der Waals surface area contributed by atoms with Crippen LogP contribution >= 0.6 is 15.9 Å². The zero-order valence-electron chi connectivity index (χ0n) is 10.5. The maximum Gasteiger partial charge on any atom is 0.0318 e. The summed E-state index contributed by atoms with van der Waals surface area (Å²) in [4.78, 5) is 2.55. The monoisotopic (exact) mass is 296 g/mol. The molecule has 2 N–H and O–H groups in total. The van der Waals surface area contributed by atoms with Crippen molar-refractivity contribution in [2.75, 3.05) is 18.8 Å². The molecule has 0 aromatic heterocycles. The van der Waals surface area contributed by atoms with E-state index in [1.165, 1.54) is 42.4 Å². The molecule has 0 heterocycles. The molecule has 0 amide bonds. The number of nitrogen functional groups attached to an aromatic ring is 1. The highest BCUT2D eigenvalue weighted by atomic mass is 79.9. The smallest absolute Gasteiger partial charge is 0.0318 e. The van der Waals surface area contributed by atoms with Crippen molar-refractivity contribution in [3.63, 3.8) is 0 Å². The minimum Gasteiger partial charge on any atom is -0.399 e. The van der Waals surface area contributed by atoms with Gasteiger partial charge in [-0.25, -0.2) is 0 Å². The molecule has 0 spiro atoms. The summed E-state index contributed by atoms with van der Waals surface area (Å²) in [6.45, 7) is 5.68. The van der Waals surface area contributed by atoms with Gasteiger partial charge in [0, 0.05) is 23.2 Å². The van der Waals surface area contributed by atoms with Gasteiger partial charge in [-0.1, -0.05) is 22.9 Å². The third-order valence-corrected chi connectivity index (χ3v) is 3.99. The molecular weight excluding hydrogens is 276 g/mol. The van der Waals surface area contributed by atoms with Gasteiger partial charge in [0.05, 0.1) is 0 Å². The van der Waals surface area contributed by atoms with Crippen molar-refractivity contribution < 1.29 is 0 Å². The summed E-state index contributed by atoms with van der Waals surface area (Å²) in [5.74, 6) is 0.946. The lowest BCUT2D eigenvalue weighted by Gasteiger charge is -2.22. The Morgan fingerprint density at radius 3 is 2.82 bits per heavy atom. The van der Waals surface area contributed by atoms with Crippen molar-refractivity contribution in [2.24, 2.45) is 5.92 Å². The first-order valence-corrected chi connectivity index (χ1v) is 7.24. The van der Waals surface area contributed by atoms with Crippen LogP contribution in [-0.4, -0.2) is 18.0 Å². The average Bonchev–Trinajstić information content (AvgIpc) is 3.08. The maximum atomic E-state index is 5.85. The summed E-state index contributed by atoms with van der Waals surface area (Å²) >= 11 is 3.61. The standard InChI is InChI=1S/C14H21BrN2/c1-2-7-17(9-11-3-4-11)10-12-8-13(16)5-6-14(12)15/h5-6,8,11H,2-4,7,9-10,16H2,1H3. The van der Waals surface area contributed by atoms with Gasteiger partial charge in [-0.15, -0.1) is 0 Å². The van der Waals surface area contributed by atoms with Gasteiger partial charge in [0.2, 0.25) is 0 Å². The molecule has 1 saturated carbocycles. The minimum atomic E-state index is 0.853. The summed E-state index contributed by atoms with van der Waals surface area (Å²) in [6.07, 6.45) is 4.04. The molecule has 0 radical (unpaired) electrons. The largest absolute Gasteiger partial charge is 0.399 e. The second kappa shape index (κ2) is 5.87. The molecule has 94 valence electrons. The third kappa shape index (κ3) is 4.00. The number of hydrogen-bond donors (Lipinski definition) is 1. The second-order valence-corrected chi connectivity index (χ2v) is 5.88. The van der Waals surface area contributed by atoms with Crippen molar-refractivity contribution >= 4 is 21.6 Å². The van der Waals surface area contributed by atoms with E-state index in [4.69, 9.17) is 5.73 Å². The molecule has 17 heavy (non-hydrogen) atoms. The molecule has 2 nitrogen and oxygen atoms in total. The first-order chi connectivity index (χ1) is 8.19. The molecule has 1 aliphatic carbocycles. The zero-order valence-corrected chi connectivity index (χ0v) is 12.0. The SMILES string of the molecule is CCCN(Cc1cc(N)ccc1Br)CC1CC1. The van der Waals surface area contributed by atoms with E-state index >= 15 is 0 Å². The zero-order chi connectivity index (χ0) is 12.3. The van der Waals surface area contributed by atoms with E-state index in [1.807, 2.05) is 12.1 Å². The number of hydrogen-bond acceptors (Lipinski definition) is 2. The van der Waals surface area contributed by atoms with Crippen LogP contribution in [0.1, 0.15) is 31.7 Å². The van der Waals surface area contributed by atoms with Crippen LogP contribution in [0.15, 0.2) is 22.7 Å². The highest BCUT2D eigenvalue weighted by Crippen LogP contribution is 2.31. The Morgan fingerprint density at radius 2 is 2.18 bits per heavy atom. The summed E-state index contributed by atoms with van der Waals surface area (Å²) in [5, 5.41) is 0. The summed E-state index contributed by atoms with van der Waals surface area (Å²) < 4.78 is 1.17. The van der Waals surface area contributed by atoms with Gasteiger partial charge < -0.3 is 5.73 Å². The predicted molar refractivity (Wildman–Crippen MR) is 76.8 cm³/mol. The van der Waals surface area contributed by atoms with Crippen LogP contribution < -0.4 is 5.73 Å². The molecule has 1 aromatic rings. The molecule has 3 heteroatoms. The number of rotatable bonds is 6. The van der Waals surface area contributed by atoms with E-state index in [9.17, 15) is 0 Å². The molecule has 1 aliphatic rings. The van der Waals surface area contributed by atoms with Gasteiger partial charge in [0.25, 0.3) is 0 Å². The lowest BCUT2D eigenvalue weighted by Crippen LogP contribution is -2.26. The quantitative estimate of drug-likeness (QED) is 0.812. The first kappa shape index (κ1) is 12.9. The number of nitrogens with zero attached hydrogens (tertiary/aromatic N) is 1. The lowest BCUT2D eigenvalue weighted by molar-refractivity contribution is 0.254. The van der Waals surface area contributed by atoms with Crippen LogP contribution in [0, 0.1) is 5.92 Å². The Labute approximate surface area is 112 Å². The molecule has 2 rings (SSSR count). The highest BCUT2D eigenvalue weighted by molar-refractivity contribution is 9.10. The Morgan fingerprint density at radius 1 is 1.41 bits per heavy atom. The van der Waals surface area contributed by atoms with Crippen LogP contribution in [-0.2, 0) is 6.54 Å². The van der Waals surface area contributed by atoms with Crippen LogP contribution in [0.5, 0.6) is 0 Å². The molecule has 0 bridgehead atoms. The van der Waals surface area contributed by atoms with E-state index < -0.39 is 0 Å². The molecule has 1 fully saturated rings. The minimum absolute atomic E-state index is 0.853. The fourth-order valence-electron chi connectivity index (χ4n) is 2.17. The van der Waals surface area contributed by atoms with Gasteiger partial charge in [0.1, 0.15) is 0 Å². The third-order valence-electron chi connectivity index (χ3n) is 3.22. The van der Waals surface area contributed by atoms with Crippen molar-refractivity contribution in [3.05, 3.63) is 28.2 Å². The van der Waals surface area contributed by atoms with Crippen molar-refractivity contribution in [2.45, 2.75) is 32.7 Å².